The molecule has 0 radical (unpaired) electrons. The summed E-state index contributed by atoms with van der Waals surface area (Å²) < 4.78 is 6.49. The first-order valence-corrected chi connectivity index (χ1v) is 13.9. The Morgan fingerprint density at radius 1 is 0.974 bits per heavy atom. The number of nitrogens with zero attached hydrogens (tertiary/aromatic N) is 1. The van der Waals surface area contributed by atoms with Crippen molar-refractivity contribution in [3.63, 3.8) is 0 Å². The van der Waals surface area contributed by atoms with E-state index in [0.29, 0.717) is 13.1 Å². The zero-order valence-electron chi connectivity index (χ0n) is 22.9. The van der Waals surface area contributed by atoms with Crippen LogP contribution in [-0.4, -0.2) is 36.5 Å². The molecule has 0 aliphatic carbocycles. The maximum atomic E-state index is 13.3. The van der Waals surface area contributed by atoms with Gasteiger partial charge in [0.15, 0.2) is 0 Å². The Kier molecular flexibility index (Phi) is 7.80. The lowest BCUT2D eigenvalue weighted by Crippen LogP contribution is -2.37. The summed E-state index contributed by atoms with van der Waals surface area (Å²) in [6, 6.07) is 30.0. The predicted molar refractivity (Wildman–Crippen MR) is 156 cm³/mol. The summed E-state index contributed by atoms with van der Waals surface area (Å²) in [5.41, 5.74) is 5.49. The van der Waals surface area contributed by atoms with Gasteiger partial charge in [-0.05, 0) is 73.7 Å². The van der Waals surface area contributed by atoms with Gasteiger partial charge < -0.3 is 15.0 Å². The molecule has 1 aliphatic rings. The number of aryl methyl sites for hydroxylation is 1. The molecular weight excluding hydrogens is 468 g/mol. The van der Waals surface area contributed by atoms with Crippen LogP contribution in [-0.2, 0) is 0 Å². The molecule has 0 spiro atoms. The molecule has 4 heteroatoms. The fourth-order valence-electron chi connectivity index (χ4n) is 5.75. The third-order valence-corrected chi connectivity index (χ3v) is 7.97. The van der Waals surface area contributed by atoms with E-state index in [2.05, 4.69) is 91.1 Å². The largest absolute Gasteiger partial charge is 0.489 e. The summed E-state index contributed by atoms with van der Waals surface area (Å²) in [7, 11) is 0. The molecule has 3 atom stereocenters. The van der Waals surface area contributed by atoms with Crippen molar-refractivity contribution in [2.24, 2.45) is 0 Å². The minimum Gasteiger partial charge on any atom is -0.489 e. The Morgan fingerprint density at radius 2 is 1.71 bits per heavy atom. The monoisotopic (exact) mass is 506 g/mol. The number of ether oxygens (including phenoxy) is 1. The molecule has 1 amide bonds. The van der Waals surface area contributed by atoms with Crippen molar-refractivity contribution in [2.45, 2.75) is 52.2 Å². The number of fused-ring (bicyclic) bond motifs is 2. The molecule has 38 heavy (non-hydrogen) atoms. The maximum absolute atomic E-state index is 13.3. The Labute approximate surface area is 226 Å². The fraction of sp³-hybridized carbons (Fsp3) is 0.324. The van der Waals surface area contributed by atoms with Crippen LogP contribution in [0.5, 0.6) is 5.75 Å². The first-order chi connectivity index (χ1) is 18.5. The Morgan fingerprint density at radius 3 is 2.53 bits per heavy atom. The van der Waals surface area contributed by atoms with Crippen molar-refractivity contribution < 1.29 is 9.53 Å². The van der Waals surface area contributed by atoms with Crippen molar-refractivity contribution in [1.29, 1.82) is 0 Å². The van der Waals surface area contributed by atoms with Gasteiger partial charge in [0.25, 0.3) is 5.91 Å². The molecule has 1 N–H and O–H groups in total. The van der Waals surface area contributed by atoms with Crippen molar-refractivity contribution >= 4 is 16.7 Å². The topological polar surface area (TPSA) is 41.6 Å². The van der Waals surface area contributed by atoms with Gasteiger partial charge in [0.1, 0.15) is 11.9 Å². The quantitative estimate of drug-likeness (QED) is 0.273. The average Bonchev–Trinajstić information content (AvgIpc) is 2.96. The van der Waals surface area contributed by atoms with Gasteiger partial charge in [-0.2, -0.15) is 0 Å². The van der Waals surface area contributed by atoms with Gasteiger partial charge >= 0.3 is 0 Å². The number of carbonyl (C=O) groups excluding carboxylic acids is 1. The highest BCUT2D eigenvalue weighted by Crippen LogP contribution is 2.41. The maximum Gasteiger partial charge on any atom is 0.254 e. The van der Waals surface area contributed by atoms with Crippen molar-refractivity contribution in [1.82, 2.24) is 10.2 Å². The number of benzene rings is 4. The van der Waals surface area contributed by atoms with Crippen LogP contribution in [0.15, 0.2) is 84.9 Å². The Hall–Kier alpha value is -3.63. The van der Waals surface area contributed by atoms with Crippen LogP contribution in [0.2, 0.25) is 0 Å². The molecule has 1 aliphatic heterocycles. The Balaban J connectivity index is 1.39. The smallest absolute Gasteiger partial charge is 0.254 e. The van der Waals surface area contributed by atoms with Gasteiger partial charge in [-0.25, -0.2) is 0 Å². The van der Waals surface area contributed by atoms with Crippen LogP contribution in [0.4, 0.5) is 0 Å². The zero-order chi connectivity index (χ0) is 26.6. The molecule has 5 rings (SSSR count). The Bertz CT molecular complexity index is 1420. The fourth-order valence-corrected chi connectivity index (χ4v) is 5.75. The third kappa shape index (κ3) is 5.19. The third-order valence-electron chi connectivity index (χ3n) is 7.97. The second-order valence-corrected chi connectivity index (χ2v) is 10.3. The standard InChI is InChI=1S/C34H38N2O2/c1-5-36(6-2)34(37)31-20-26(19-18-23(31)3)32-21-27(38-33-17-10-9-15-30(32)33)22-35-24(4)28-16-11-13-25-12-7-8-14-29(25)28/h7-20,24,27,32,35H,5-6,21-22H2,1-4H3/t24-,27-,32+/m1/s1. The molecule has 0 aromatic heterocycles. The highest BCUT2D eigenvalue weighted by molar-refractivity contribution is 5.96. The summed E-state index contributed by atoms with van der Waals surface area (Å²) >= 11 is 0. The van der Waals surface area contributed by atoms with Gasteiger partial charge in [0.05, 0.1) is 0 Å². The van der Waals surface area contributed by atoms with Crippen LogP contribution in [0.25, 0.3) is 10.8 Å². The van der Waals surface area contributed by atoms with E-state index in [1.165, 1.54) is 27.5 Å². The molecule has 1 heterocycles. The predicted octanol–water partition coefficient (Wildman–Crippen LogP) is 7.26. The first kappa shape index (κ1) is 26.0. The van der Waals surface area contributed by atoms with Crippen LogP contribution in [0, 0.1) is 6.92 Å². The van der Waals surface area contributed by atoms with Crippen molar-refractivity contribution in [3.05, 3.63) is 113 Å². The lowest BCUT2D eigenvalue weighted by molar-refractivity contribution is 0.0772. The summed E-state index contributed by atoms with van der Waals surface area (Å²) in [5.74, 6) is 1.21. The van der Waals surface area contributed by atoms with E-state index >= 15 is 0 Å². The van der Waals surface area contributed by atoms with E-state index in [0.717, 1.165) is 29.8 Å². The highest BCUT2D eigenvalue weighted by Gasteiger charge is 2.30. The van der Waals surface area contributed by atoms with E-state index in [1.54, 1.807) is 0 Å². The number of rotatable bonds is 8. The first-order valence-electron chi connectivity index (χ1n) is 13.9. The van der Waals surface area contributed by atoms with Crippen molar-refractivity contribution in [3.8, 4) is 5.75 Å². The van der Waals surface area contributed by atoms with E-state index in [9.17, 15) is 4.79 Å². The summed E-state index contributed by atoms with van der Waals surface area (Å²) in [5, 5.41) is 6.29. The van der Waals surface area contributed by atoms with Gasteiger partial charge in [-0.15, -0.1) is 0 Å². The molecule has 4 aromatic carbocycles. The number of amides is 1. The van der Waals surface area contributed by atoms with Crippen LogP contribution < -0.4 is 10.1 Å². The van der Waals surface area contributed by atoms with Crippen LogP contribution in [0.3, 0.4) is 0 Å². The molecule has 196 valence electrons. The summed E-state index contributed by atoms with van der Waals surface area (Å²) in [6.45, 7) is 10.5. The minimum absolute atomic E-state index is 0.0237. The molecule has 0 saturated heterocycles. The van der Waals surface area contributed by atoms with Gasteiger partial charge in [-0.1, -0.05) is 72.8 Å². The normalized spacial score (nSPS) is 17.5. The lowest BCUT2D eigenvalue weighted by atomic mass is 9.83. The van der Waals surface area contributed by atoms with Gasteiger partial charge in [0, 0.05) is 42.7 Å². The van der Waals surface area contributed by atoms with Gasteiger partial charge in [-0.3, -0.25) is 4.79 Å². The highest BCUT2D eigenvalue weighted by atomic mass is 16.5. The van der Waals surface area contributed by atoms with Crippen LogP contribution >= 0.6 is 0 Å². The number of hydrogen-bond acceptors (Lipinski definition) is 3. The lowest BCUT2D eigenvalue weighted by Gasteiger charge is -2.34. The molecule has 0 fully saturated rings. The van der Waals surface area contributed by atoms with E-state index in [4.69, 9.17) is 4.74 Å². The molecule has 4 aromatic rings. The van der Waals surface area contributed by atoms with E-state index < -0.39 is 0 Å². The number of hydrogen-bond donors (Lipinski definition) is 1. The SMILES string of the molecule is CCN(CC)C(=O)c1cc([C@@H]2C[C@H](CN[C@H](C)c3cccc4ccccc34)Oc3ccccc32)ccc1C. The van der Waals surface area contributed by atoms with Crippen LogP contribution in [0.1, 0.15) is 71.8 Å². The van der Waals surface area contributed by atoms with E-state index in [-0.39, 0.29) is 24.0 Å². The molecule has 0 saturated carbocycles. The second kappa shape index (κ2) is 11.4. The summed E-state index contributed by atoms with van der Waals surface area (Å²) in [4.78, 5) is 15.2. The molecule has 0 unspecified atom stereocenters. The summed E-state index contributed by atoms with van der Waals surface area (Å²) in [6.07, 6.45) is 0.879. The average molecular weight is 507 g/mol. The second-order valence-electron chi connectivity index (χ2n) is 10.3. The molecular formula is C34H38N2O2. The van der Waals surface area contributed by atoms with E-state index in [1.807, 2.05) is 31.7 Å². The van der Waals surface area contributed by atoms with Crippen molar-refractivity contribution in [2.75, 3.05) is 19.6 Å². The van der Waals surface area contributed by atoms with Gasteiger partial charge in [0.2, 0.25) is 0 Å². The minimum atomic E-state index is 0.0237. The zero-order valence-corrected chi connectivity index (χ0v) is 22.9. The molecule has 4 nitrogen and oxygen atoms in total. The number of para-hydroxylation sites is 1. The molecule has 0 bridgehead atoms. The number of nitrogens with one attached hydrogen (secondary N) is 1. The number of carbonyl (C=O) groups is 1.